The Labute approximate surface area is 119 Å². The molecule has 1 aromatic rings. The van der Waals surface area contributed by atoms with Crippen LogP contribution in [-0.2, 0) is 19.4 Å². The second kappa shape index (κ2) is 6.33. The molecule has 1 aliphatic rings. The Kier molecular flexibility index (Phi) is 4.75. The minimum Gasteiger partial charge on any atom is -0.389 e. The van der Waals surface area contributed by atoms with E-state index in [9.17, 15) is 4.79 Å². The van der Waals surface area contributed by atoms with Crippen molar-refractivity contribution in [3.8, 4) is 0 Å². The normalized spacial score (nSPS) is 14.2. The molecule has 104 valence electrons. The van der Waals surface area contributed by atoms with E-state index >= 15 is 0 Å². The van der Waals surface area contributed by atoms with Gasteiger partial charge in [0.1, 0.15) is 4.99 Å². The summed E-state index contributed by atoms with van der Waals surface area (Å²) in [6, 6.07) is 1.93. The fourth-order valence-corrected chi connectivity index (χ4v) is 2.96. The summed E-state index contributed by atoms with van der Waals surface area (Å²) in [6.07, 6.45) is 7.77. The minimum absolute atomic E-state index is 0.00394. The van der Waals surface area contributed by atoms with Gasteiger partial charge in [0.2, 0.25) is 0 Å². The Bertz CT molecular complexity index is 534. The maximum atomic E-state index is 12.5. The van der Waals surface area contributed by atoms with Crippen LogP contribution in [0.25, 0.3) is 0 Å². The average Bonchev–Trinajstić information content (AvgIpc) is 2.40. The van der Waals surface area contributed by atoms with Crippen LogP contribution in [0.15, 0.2) is 10.9 Å². The minimum atomic E-state index is 0.00394. The predicted octanol–water partition coefficient (Wildman–Crippen LogP) is 2.55. The van der Waals surface area contributed by atoms with Crippen molar-refractivity contribution in [1.82, 2.24) is 4.57 Å². The van der Waals surface area contributed by atoms with Gasteiger partial charge in [0.15, 0.2) is 0 Å². The summed E-state index contributed by atoms with van der Waals surface area (Å²) in [5, 5.41) is 0. The Balaban J connectivity index is 2.44. The summed E-state index contributed by atoms with van der Waals surface area (Å²) in [4.78, 5) is 12.7. The molecule has 0 aliphatic heterocycles. The van der Waals surface area contributed by atoms with Gasteiger partial charge in [-0.2, -0.15) is 0 Å². The first-order valence-electron chi connectivity index (χ1n) is 7.20. The zero-order valence-electron chi connectivity index (χ0n) is 11.6. The van der Waals surface area contributed by atoms with Gasteiger partial charge in [-0.3, -0.25) is 4.79 Å². The smallest absolute Gasteiger partial charge is 0.261 e. The van der Waals surface area contributed by atoms with E-state index < -0.39 is 0 Å². The van der Waals surface area contributed by atoms with E-state index in [0.717, 1.165) is 38.6 Å². The Morgan fingerprint density at radius 1 is 1.37 bits per heavy atom. The van der Waals surface area contributed by atoms with Crippen LogP contribution in [0.1, 0.15) is 55.8 Å². The number of nitrogens with two attached hydrogens (primary N) is 1. The first kappa shape index (κ1) is 14.3. The fourth-order valence-electron chi connectivity index (χ4n) is 2.81. The van der Waals surface area contributed by atoms with Crippen LogP contribution in [-0.4, -0.2) is 9.56 Å². The summed E-state index contributed by atoms with van der Waals surface area (Å²) in [6.45, 7) is 2.97. The van der Waals surface area contributed by atoms with Crippen LogP contribution in [0.2, 0.25) is 0 Å². The predicted molar refractivity (Wildman–Crippen MR) is 82.8 cm³/mol. The molecule has 19 heavy (non-hydrogen) atoms. The maximum absolute atomic E-state index is 12.5. The summed E-state index contributed by atoms with van der Waals surface area (Å²) >= 11 is 5.01. The molecular formula is C15H22N2OS. The van der Waals surface area contributed by atoms with Crippen molar-refractivity contribution in [3.63, 3.8) is 0 Å². The SMILES string of the molecule is CCCCCn1c2c(cc(C(N)=S)c1=O)CCCC2. The van der Waals surface area contributed by atoms with E-state index in [1.54, 1.807) is 0 Å². The first-order chi connectivity index (χ1) is 9.15. The van der Waals surface area contributed by atoms with Crippen LogP contribution >= 0.6 is 12.2 Å². The lowest BCUT2D eigenvalue weighted by molar-refractivity contribution is 0.536. The van der Waals surface area contributed by atoms with Gasteiger partial charge in [0.25, 0.3) is 5.56 Å². The lowest BCUT2D eigenvalue weighted by Gasteiger charge is -2.22. The zero-order valence-corrected chi connectivity index (χ0v) is 12.4. The molecule has 0 atom stereocenters. The Hall–Kier alpha value is -1.16. The highest BCUT2D eigenvalue weighted by atomic mass is 32.1. The molecule has 0 fully saturated rings. The van der Waals surface area contributed by atoms with Crippen LogP contribution in [0, 0.1) is 0 Å². The van der Waals surface area contributed by atoms with Crippen molar-refractivity contribution < 1.29 is 0 Å². The molecule has 0 saturated carbocycles. The summed E-state index contributed by atoms with van der Waals surface area (Å²) in [7, 11) is 0. The molecule has 0 bridgehead atoms. The highest BCUT2D eigenvalue weighted by Gasteiger charge is 2.18. The monoisotopic (exact) mass is 278 g/mol. The number of fused-ring (bicyclic) bond motifs is 1. The first-order valence-corrected chi connectivity index (χ1v) is 7.61. The molecule has 2 N–H and O–H groups in total. The van der Waals surface area contributed by atoms with Gasteiger partial charge in [0.05, 0.1) is 5.56 Å². The van der Waals surface area contributed by atoms with Gasteiger partial charge < -0.3 is 10.3 Å². The average molecular weight is 278 g/mol. The summed E-state index contributed by atoms with van der Waals surface area (Å²) < 4.78 is 1.93. The third-order valence-corrected chi connectivity index (χ3v) is 4.07. The van der Waals surface area contributed by atoms with E-state index in [4.69, 9.17) is 18.0 Å². The van der Waals surface area contributed by atoms with Gasteiger partial charge in [-0.05, 0) is 43.7 Å². The molecule has 4 heteroatoms. The lowest BCUT2D eigenvalue weighted by atomic mass is 9.94. The van der Waals surface area contributed by atoms with Gasteiger partial charge in [0, 0.05) is 12.2 Å². The van der Waals surface area contributed by atoms with Crippen molar-refractivity contribution in [1.29, 1.82) is 0 Å². The van der Waals surface area contributed by atoms with E-state index in [1.165, 1.54) is 24.1 Å². The number of aryl methyl sites for hydroxylation is 1. The van der Waals surface area contributed by atoms with E-state index in [1.807, 2.05) is 10.6 Å². The highest BCUT2D eigenvalue weighted by molar-refractivity contribution is 7.80. The largest absolute Gasteiger partial charge is 0.389 e. The van der Waals surface area contributed by atoms with Crippen molar-refractivity contribution in [3.05, 3.63) is 33.2 Å². The summed E-state index contributed by atoms with van der Waals surface area (Å²) in [5.74, 6) is 0. The highest BCUT2D eigenvalue weighted by Crippen LogP contribution is 2.21. The van der Waals surface area contributed by atoms with Gasteiger partial charge in [-0.15, -0.1) is 0 Å². The molecular weight excluding hydrogens is 256 g/mol. The fraction of sp³-hybridized carbons (Fsp3) is 0.600. The van der Waals surface area contributed by atoms with Crippen molar-refractivity contribution >= 4 is 17.2 Å². The number of rotatable bonds is 5. The molecule has 3 nitrogen and oxygen atoms in total. The number of hydrogen-bond acceptors (Lipinski definition) is 2. The second-order valence-electron chi connectivity index (χ2n) is 5.27. The second-order valence-corrected chi connectivity index (χ2v) is 5.71. The lowest BCUT2D eigenvalue weighted by Crippen LogP contribution is -2.33. The molecule has 0 spiro atoms. The number of pyridine rings is 1. The van der Waals surface area contributed by atoms with E-state index in [2.05, 4.69) is 6.92 Å². The van der Waals surface area contributed by atoms with E-state index in [-0.39, 0.29) is 10.5 Å². The quantitative estimate of drug-likeness (QED) is 0.665. The number of unbranched alkanes of at least 4 members (excludes halogenated alkanes) is 2. The third kappa shape index (κ3) is 3.06. The Morgan fingerprint density at radius 2 is 2.11 bits per heavy atom. The van der Waals surface area contributed by atoms with Crippen molar-refractivity contribution in [2.24, 2.45) is 5.73 Å². The number of thiocarbonyl (C=S) groups is 1. The molecule has 0 saturated heterocycles. The molecule has 0 unspecified atom stereocenters. The third-order valence-electron chi connectivity index (χ3n) is 3.85. The van der Waals surface area contributed by atoms with Gasteiger partial charge in [-0.1, -0.05) is 32.0 Å². The van der Waals surface area contributed by atoms with Crippen LogP contribution in [0.3, 0.4) is 0 Å². The standard InChI is InChI=1S/C15H22N2OS/c1-2-3-6-9-17-13-8-5-4-7-11(13)10-12(14(16)19)15(17)18/h10H,2-9H2,1H3,(H2,16,19). The van der Waals surface area contributed by atoms with Crippen molar-refractivity contribution in [2.45, 2.75) is 58.4 Å². The maximum Gasteiger partial charge on any atom is 0.261 e. The number of nitrogens with zero attached hydrogens (tertiary/aromatic N) is 1. The van der Waals surface area contributed by atoms with E-state index in [0.29, 0.717) is 5.56 Å². The number of aromatic nitrogens is 1. The van der Waals surface area contributed by atoms with Gasteiger partial charge >= 0.3 is 0 Å². The summed E-state index contributed by atoms with van der Waals surface area (Å²) in [5.41, 5.74) is 8.70. The zero-order chi connectivity index (χ0) is 13.8. The van der Waals surface area contributed by atoms with Crippen molar-refractivity contribution in [2.75, 3.05) is 0 Å². The molecule has 1 aromatic heterocycles. The molecule has 2 rings (SSSR count). The molecule has 0 amide bonds. The van der Waals surface area contributed by atoms with Crippen LogP contribution in [0.5, 0.6) is 0 Å². The van der Waals surface area contributed by atoms with Gasteiger partial charge in [-0.25, -0.2) is 0 Å². The molecule has 0 aromatic carbocycles. The topological polar surface area (TPSA) is 48.0 Å². The molecule has 1 heterocycles. The van der Waals surface area contributed by atoms with Crippen LogP contribution in [0.4, 0.5) is 0 Å². The molecule has 0 radical (unpaired) electrons. The van der Waals surface area contributed by atoms with Crippen LogP contribution < -0.4 is 11.3 Å². The molecule has 1 aliphatic carbocycles. The Morgan fingerprint density at radius 3 is 2.79 bits per heavy atom. The number of hydrogen-bond donors (Lipinski definition) is 1.